The number of rotatable bonds is 6. The number of imidazole rings is 1. The Morgan fingerprint density at radius 2 is 1.69 bits per heavy atom. The van der Waals surface area contributed by atoms with Crippen molar-refractivity contribution in [3.8, 4) is 0 Å². The molecule has 3 aliphatic heterocycles. The van der Waals surface area contributed by atoms with Crippen molar-refractivity contribution in [1.29, 1.82) is 0 Å². The highest BCUT2D eigenvalue weighted by Gasteiger charge is 2.44. The van der Waals surface area contributed by atoms with Gasteiger partial charge in [0.05, 0.1) is 22.8 Å². The molecule has 2 aromatic heterocycles. The molecule has 0 saturated carbocycles. The first-order chi connectivity index (χ1) is 19.1. The van der Waals surface area contributed by atoms with Gasteiger partial charge in [0.15, 0.2) is 0 Å². The Kier molecular flexibility index (Phi) is 6.26. The third kappa shape index (κ3) is 4.37. The molecule has 7 rings (SSSR count). The highest BCUT2D eigenvalue weighted by molar-refractivity contribution is 5.93. The van der Waals surface area contributed by atoms with E-state index in [4.69, 9.17) is 4.98 Å². The molecule has 2 unspecified atom stereocenters. The summed E-state index contributed by atoms with van der Waals surface area (Å²) in [7, 11) is 0. The number of nitrogens with one attached hydrogen (secondary N) is 1. The second kappa shape index (κ2) is 9.94. The Labute approximate surface area is 230 Å². The van der Waals surface area contributed by atoms with Crippen LogP contribution in [0.4, 0.5) is 0 Å². The number of amides is 1. The van der Waals surface area contributed by atoms with E-state index < -0.39 is 0 Å². The fraction of sp³-hybridized carbons (Fsp3) is 0.469. The van der Waals surface area contributed by atoms with Crippen LogP contribution in [-0.4, -0.2) is 67.2 Å². The van der Waals surface area contributed by atoms with E-state index in [1.54, 1.807) is 12.4 Å². The summed E-state index contributed by atoms with van der Waals surface area (Å²) in [4.78, 5) is 22.7. The van der Waals surface area contributed by atoms with E-state index in [1.165, 1.54) is 36.8 Å². The fourth-order valence-corrected chi connectivity index (χ4v) is 7.95. The summed E-state index contributed by atoms with van der Waals surface area (Å²) < 4.78 is 2.52. The number of piperidine rings is 2. The standard InChI is InChI=1S/C32H38N6O/c1-23-35-29-9-5-6-10-30(29)38(23)28-19-26-11-12-27(20-28)37(26)18-15-32(25-7-3-2-4-8-25)13-16-36(17-14-32)31(39)24-21-33-34-22-24/h2-10,21-22,26-28H,11-20H2,1H3,(H,33,34). The Hall–Kier alpha value is -3.45. The topological polar surface area (TPSA) is 70.1 Å². The molecule has 3 fully saturated rings. The summed E-state index contributed by atoms with van der Waals surface area (Å²) in [5, 5.41) is 6.75. The summed E-state index contributed by atoms with van der Waals surface area (Å²) >= 11 is 0. The van der Waals surface area contributed by atoms with Gasteiger partial charge in [0.25, 0.3) is 5.91 Å². The summed E-state index contributed by atoms with van der Waals surface area (Å²) in [6, 6.07) is 21.5. The fourth-order valence-electron chi connectivity index (χ4n) is 7.95. The summed E-state index contributed by atoms with van der Waals surface area (Å²) in [6.45, 7) is 4.89. The molecule has 7 heteroatoms. The van der Waals surface area contributed by atoms with Crippen molar-refractivity contribution in [3.05, 3.63) is 83.9 Å². The van der Waals surface area contributed by atoms with Crippen LogP contribution in [0.1, 0.15) is 72.7 Å². The Balaban J connectivity index is 1.07. The smallest absolute Gasteiger partial charge is 0.257 e. The molecule has 3 aliphatic rings. The molecular weight excluding hydrogens is 484 g/mol. The van der Waals surface area contributed by atoms with E-state index in [2.05, 4.69) is 81.2 Å². The van der Waals surface area contributed by atoms with Gasteiger partial charge in [-0.1, -0.05) is 42.5 Å². The molecule has 0 spiro atoms. The molecule has 5 heterocycles. The minimum atomic E-state index is 0.0906. The average molecular weight is 523 g/mol. The number of carbonyl (C=O) groups excluding carboxylic acids is 1. The van der Waals surface area contributed by atoms with Crippen LogP contribution in [0, 0.1) is 6.92 Å². The van der Waals surface area contributed by atoms with Gasteiger partial charge >= 0.3 is 0 Å². The molecule has 2 atom stereocenters. The van der Waals surface area contributed by atoms with Crippen molar-refractivity contribution in [2.75, 3.05) is 19.6 Å². The molecule has 0 radical (unpaired) electrons. The summed E-state index contributed by atoms with van der Waals surface area (Å²) in [6.07, 6.45) is 11.5. The molecule has 0 aliphatic carbocycles. The maximum atomic E-state index is 13.0. The molecule has 2 aromatic carbocycles. The molecule has 3 saturated heterocycles. The largest absolute Gasteiger partial charge is 0.338 e. The van der Waals surface area contributed by atoms with Crippen molar-refractivity contribution < 1.29 is 4.79 Å². The van der Waals surface area contributed by atoms with Crippen molar-refractivity contribution in [2.45, 2.75) is 75.4 Å². The number of likely N-dealkylation sites (tertiary alicyclic amines) is 1. The monoisotopic (exact) mass is 522 g/mol. The average Bonchev–Trinajstić information content (AvgIpc) is 3.68. The molecule has 39 heavy (non-hydrogen) atoms. The van der Waals surface area contributed by atoms with Gasteiger partial charge in [-0.25, -0.2) is 4.98 Å². The lowest BCUT2D eigenvalue weighted by Gasteiger charge is -2.45. The molecule has 7 nitrogen and oxygen atoms in total. The second-order valence-electron chi connectivity index (χ2n) is 11.9. The predicted octanol–water partition coefficient (Wildman–Crippen LogP) is 5.50. The zero-order valence-electron chi connectivity index (χ0n) is 22.8. The minimum absolute atomic E-state index is 0.0906. The zero-order chi connectivity index (χ0) is 26.4. The quantitative estimate of drug-likeness (QED) is 0.363. The molecular formula is C32H38N6O. The van der Waals surface area contributed by atoms with E-state index in [1.807, 2.05) is 4.90 Å². The van der Waals surface area contributed by atoms with Gasteiger partial charge in [-0.05, 0) is 81.5 Å². The summed E-state index contributed by atoms with van der Waals surface area (Å²) in [5.41, 5.74) is 4.60. The van der Waals surface area contributed by atoms with Crippen LogP contribution in [-0.2, 0) is 5.41 Å². The van der Waals surface area contributed by atoms with Crippen molar-refractivity contribution in [3.63, 3.8) is 0 Å². The Morgan fingerprint density at radius 1 is 0.974 bits per heavy atom. The van der Waals surface area contributed by atoms with Crippen LogP contribution >= 0.6 is 0 Å². The number of aryl methyl sites for hydroxylation is 1. The molecule has 202 valence electrons. The second-order valence-corrected chi connectivity index (χ2v) is 11.9. The number of nitrogens with zero attached hydrogens (tertiary/aromatic N) is 5. The number of hydrogen-bond acceptors (Lipinski definition) is 4. The lowest BCUT2D eigenvalue weighted by atomic mass is 9.70. The van der Waals surface area contributed by atoms with E-state index in [0.717, 1.165) is 50.2 Å². The highest BCUT2D eigenvalue weighted by Crippen LogP contribution is 2.45. The Morgan fingerprint density at radius 3 is 2.41 bits per heavy atom. The number of para-hydroxylation sites is 2. The number of hydrogen-bond donors (Lipinski definition) is 1. The van der Waals surface area contributed by atoms with Crippen LogP contribution in [0.2, 0.25) is 0 Å². The van der Waals surface area contributed by atoms with Crippen molar-refractivity contribution in [2.24, 2.45) is 0 Å². The van der Waals surface area contributed by atoms with Gasteiger partial charge in [0.2, 0.25) is 0 Å². The molecule has 1 N–H and O–H groups in total. The van der Waals surface area contributed by atoms with E-state index in [9.17, 15) is 4.79 Å². The van der Waals surface area contributed by atoms with Crippen LogP contribution in [0.3, 0.4) is 0 Å². The van der Waals surface area contributed by atoms with Crippen LogP contribution < -0.4 is 0 Å². The van der Waals surface area contributed by atoms with Gasteiger partial charge in [-0.2, -0.15) is 5.10 Å². The Bertz CT molecular complexity index is 1420. The van der Waals surface area contributed by atoms with E-state index in [0.29, 0.717) is 23.7 Å². The molecule has 4 aromatic rings. The molecule has 1 amide bonds. The third-order valence-electron chi connectivity index (χ3n) is 9.98. The maximum absolute atomic E-state index is 13.0. The first kappa shape index (κ1) is 24.6. The predicted molar refractivity (Wildman–Crippen MR) is 153 cm³/mol. The SMILES string of the molecule is Cc1nc2ccccc2n1C1CC2CCC(C1)N2CCC1(c2ccccc2)CCN(C(=O)c2cn[nH]c2)CC1. The zero-order valence-corrected chi connectivity index (χ0v) is 22.8. The number of benzene rings is 2. The normalized spacial score (nSPS) is 24.8. The number of carbonyl (C=O) groups is 1. The van der Waals surface area contributed by atoms with E-state index >= 15 is 0 Å². The lowest BCUT2D eigenvalue weighted by Crippen LogP contribution is -2.49. The highest BCUT2D eigenvalue weighted by atomic mass is 16.2. The molecule has 2 bridgehead atoms. The van der Waals surface area contributed by atoms with Crippen LogP contribution in [0.5, 0.6) is 0 Å². The maximum Gasteiger partial charge on any atom is 0.257 e. The van der Waals surface area contributed by atoms with Gasteiger partial charge in [0.1, 0.15) is 5.82 Å². The van der Waals surface area contributed by atoms with Crippen molar-refractivity contribution >= 4 is 16.9 Å². The minimum Gasteiger partial charge on any atom is -0.338 e. The number of aromatic nitrogens is 4. The van der Waals surface area contributed by atoms with E-state index in [-0.39, 0.29) is 11.3 Å². The van der Waals surface area contributed by atoms with Crippen LogP contribution in [0.15, 0.2) is 67.0 Å². The first-order valence-electron chi connectivity index (χ1n) is 14.6. The van der Waals surface area contributed by atoms with Gasteiger partial charge in [-0.15, -0.1) is 0 Å². The number of aromatic amines is 1. The van der Waals surface area contributed by atoms with Gasteiger partial charge in [0, 0.05) is 37.4 Å². The van der Waals surface area contributed by atoms with Gasteiger partial charge < -0.3 is 9.47 Å². The lowest BCUT2D eigenvalue weighted by molar-refractivity contribution is 0.0607. The summed E-state index contributed by atoms with van der Waals surface area (Å²) in [5.74, 6) is 1.24. The third-order valence-corrected chi connectivity index (χ3v) is 9.98. The number of H-pyrrole nitrogens is 1. The van der Waals surface area contributed by atoms with Crippen LogP contribution in [0.25, 0.3) is 11.0 Å². The first-order valence-corrected chi connectivity index (χ1v) is 14.6. The van der Waals surface area contributed by atoms with Crippen molar-refractivity contribution in [1.82, 2.24) is 29.5 Å². The number of fused-ring (bicyclic) bond motifs is 3. The van der Waals surface area contributed by atoms with Gasteiger partial charge in [-0.3, -0.25) is 14.8 Å².